The Morgan fingerprint density at radius 3 is 2.28 bits per heavy atom. The maximum atomic E-state index is 9.57. The van der Waals surface area contributed by atoms with E-state index in [2.05, 4.69) is 68.0 Å². The number of nitrogens with one attached hydrogen (secondary N) is 2. The fourth-order valence-electron chi connectivity index (χ4n) is 4.14. The van der Waals surface area contributed by atoms with Crippen molar-refractivity contribution in [2.45, 2.75) is 78.2 Å². The molecule has 0 bridgehead atoms. The molecule has 0 amide bonds. The molecule has 216 valence electrons. The maximum absolute atomic E-state index is 9.57. The molecule has 8 heteroatoms. The molecule has 6 nitrogen and oxygen atoms in total. The van der Waals surface area contributed by atoms with Crippen molar-refractivity contribution in [3.63, 3.8) is 0 Å². The summed E-state index contributed by atoms with van der Waals surface area (Å²) in [6.07, 6.45) is 7.87. The number of nitrogens with zero attached hydrogens (tertiary/aromatic N) is 2. The van der Waals surface area contributed by atoms with Crippen LogP contribution in [0.2, 0.25) is 5.02 Å². The summed E-state index contributed by atoms with van der Waals surface area (Å²) in [6, 6.07) is 15.1. The average Bonchev–Trinajstić information content (AvgIpc) is 2.91. The molecule has 0 heterocycles. The number of allylic oxidation sites excluding steroid dienone is 1. The van der Waals surface area contributed by atoms with Crippen molar-refractivity contribution in [2.24, 2.45) is 0 Å². The first kappa shape index (κ1) is 34.8. The number of hydrazine groups is 1. The number of halogens is 2. The summed E-state index contributed by atoms with van der Waals surface area (Å²) in [4.78, 5) is 0. The van der Waals surface area contributed by atoms with E-state index in [1.165, 1.54) is 30.4 Å². The lowest BCUT2D eigenvalue weighted by Crippen LogP contribution is -2.43. The molecule has 1 saturated carbocycles. The minimum Gasteiger partial charge on any atom is -0.489 e. The highest BCUT2D eigenvalue weighted by atomic mass is 35.5. The lowest BCUT2D eigenvalue weighted by Gasteiger charge is -2.28. The van der Waals surface area contributed by atoms with Crippen LogP contribution in [-0.2, 0) is 5.41 Å². The summed E-state index contributed by atoms with van der Waals surface area (Å²) in [5, 5.41) is 22.8. The Labute approximate surface area is 245 Å². The molecule has 0 aromatic heterocycles. The third-order valence-electron chi connectivity index (χ3n) is 6.50. The number of hydroxylamine groups is 1. The highest BCUT2D eigenvalue weighted by molar-refractivity contribution is 6.32. The summed E-state index contributed by atoms with van der Waals surface area (Å²) in [6.45, 7) is 10.7. The van der Waals surface area contributed by atoms with Crippen LogP contribution in [0.5, 0.6) is 5.75 Å². The van der Waals surface area contributed by atoms with Gasteiger partial charge in [-0.3, -0.25) is 5.21 Å². The zero-order valence-corrected chi connectivity index (χ0v) is 26.1. The molecule has 2 aromatic carbocycles. The zero-order valence-electron chi connectivity index (χ0n) is 24.6. The van der Waals surface area contributed by atoms with Gasteiger partial charge < -0.3 is 10.1 Å². The summed E-state index contributed by atoms with van der Waals surface area (Å²) in [7, 11) is 3.52. The lowest BCUT2D eigenvalue weighted by atomic mass is 9.77. The van der Waals surface area contributed by atoms with Gasteiger partial charge in [0.1, 0.15) is 12.7 Å². The second-order valence-corrected chi connectivity index (χ2v) is 10.5. The van der Waals surface area contributed by atoms with E-state index in [0.717, 1.165) is 29.1 Å². The molecular weight excluding hydrogens is 531 g/mol. The van der Waals surface area contributed by atoms with Crippen LogP contribution < -0.4 is 15.5 Å². The molecule has 39 heavy (non-hydrogen) atoms. The summed E-state index contributed by atoms with van der Waals surface area (Å²) < 4.78 is 5.57. The Bertz CT molecular complexity index is 1060. The molecule has 0 aliphatic heterocycles. The predicted octanol–water partition coefficient (Wildman–Crippen LogP) is 7.91. The number of hydrogen-bond donors (Lipinski definition) is 3. The predicted molar refractivity (Wildman–Crippen MR) is 165 cm³/mol. The van der Waals surface area contributed by atoms with Gasteiger partial charge in [0.15, 0.2) is 5.75 Å². The highest BCUT2D eigenvalue weighted by Gasteiger charge is 2.26. The van der Waals surface area contributed by atoms with Crippen LogP contribution in [0.1, 0.15) is 89.0 Å². The Morgan fingerprint density at radius 1 is 1.21 bits per heavy atom. The highest BCUT2D eigenvalue weighted by Crippen LogP contribution is 2.38. The van der Waals surface area contributed by atoms with Crippen LogP contribution >= 0.6 is 23.2 Å². The number of rotatable bonds is 11. The van der Waals surface area contributed by atoms with Gasteiger partial charge in [-0.2, -0.15) is 5.26 Å². The average molecular weight is 578 g/mol. The van der Waals surface area contributed by atoms with Crippen LogP contribution in [0.4, 0.5) is 0 Å². The molecule has 0 unspecified atom stereocenters. The first-order chi connectivity index (χ1) is 18.7. The monoisotopic (exact) mass is 576 g/mol. The van der Waals surface area contributed by atoms with Crippen molar-refractivity contribution >= 4 is 28.8 Å². The molecule has 0 atom stereocenters. The Hall–Kier alpha value is -2.27. The van der Waals surface area contributed by atoms with E-state index >= 15 is 0 Å². The van der Waals surface area contributed by atoms with E-state index in [9.17, 15) is 5.26 Å². The van der Waals surface area contributed by atoms with Crippen LogP contribution in [0, 0.1) is 11.3 Å². The van der Waals surface area contributed by atoms with Crippen LogP contribution in [0.25, 0.3) is 5.57 Å². The van der Waals surface area contributed by atoms with Gasteiger partial charge in [0.05, 0.1) is 16.5 Å². The maximum Gasteiger partial charge on any atom is 0.155 e. The van der Waals surface area contributed by atoms with Gasteiger partial charge in [0.25, 0.3) is 0 Å². The van der Waals surface area contributed by atoms with Crippen molar-refractivity contribution in [2.75, 3.05) is 26.6 Å². The quantitative estimate of drug-likeness (QED) is 0.186. The van der Waals surface area contributed by atoms with E-state index in [4.69, 9.17) is 33.1 Å². The SMILES string of the molecule is CC.CCC/C(=C\NC)c1ccc(C(C)(C)c2cc(Cl)c(OCCCl)c(C#N)c2)cc1.CN(O)NC1CCC1. The van der Waals surface area contributed by atoms with Crippen molar-refractivity contribution < 1.29 is 9.94 Å². The van der Waals surface area contributed by atoms with Crippen LogP contribution in [-0.4, -0.2) is 43.0 Å². The summed E-state index contributed by atoms with van der Waals surface area (Å²) >= 11 is 12.1. The molecule has 1 aliphatic rings. The fourth-order valence-corrected chi connectivity index (χ4v) is 4.49. The van der Waals surface area contributed by atoms with Gasteiger partial charge in [-0.1, -0.05) is 83.3 Å². The molecule has 1 aliphatic carbocycles. The first-order valence-electron chi connectivity index (χ1n) is 13.8. The number of nitriles is 1. The Kier molecular flexibility index (Phi) is 16.2. The Morgan fingerprint density at radius 2 is 1.85 bits per heavy atom. The van der Waals surface area contributed by atoms with Gasteiger partial charge in [0.2, 0.25) is 0 Å². The summed E-state index contributed by atoms with van der Waals surface area (Å²) in [5.41, 5.74) is 7.57. The zero-order chi connectivity index (χ0) is 29.4. The third-order valence-corrected chi connectivity index (χ3v) is 6.93. The van der Waals surface area contributed by atoms with E-state index in [1.807, 2.05) is 33.0 Å². The van der Waals surface area contributed by atoms with Crippen molar-refractivity contribution in [3.05, 3.63) is 69.9 Å². The second kappa shape index (κ2) is 18.1. The summed E-state index contributed by atoms with van der Waals surface area (Å²) in [5.74, 6) is 0.731. The second-order valence-electron chi connectivity index (χ2n) is 9.68. The fraction of sp³-hybridized carbons (Fsp3) is 0.516. The van der Waals surface area contributed by atoms with Crippen LogP contribution in [0.15, 0.2) is 42.6 Å². The topological polar surface area (TPSA) is 80.5 Å². The largest absolute Gasteiger partial charge is 0.489 e. The Balaban J connectivity index is 0.000000641. The van der Waals surface area contributed by atoms with Gasteiger partial charge in [-0.25, -0.2) is 5.43 Å². The van der Waals surface area contributed by atoms with E-state index in [-0.39, 0.29) is 5.41 Å². The standard InChI is InChI=1S/C24H28Cl2N2O.C5H12N2O.C2H6/c1-5-6-18(16-28-4)17-7-9-20(10-8-17)24(2,3)21-13-19(15-27)23(22(26)14-21)29-12-11-25;1-7(8)6-5-3-2-4-5;1-2/h7-10,13-14,16,28H,5-6,11-12H2,1-4H3;5-6,8H,2-4H2,1H3;1-2H3/b18-16+;;. The number of benzene rings is 2. The van der Waals surface area contributed by atoms with Crippen LogP contribution in [0.3, 0.4) is 0 Å². The van der Waals surface area contributed by atoms with Gasteiger partial charge in [-0.05, 0) is 59.9 Å². The van der Waals surface area contributed by atoms with Gasteiger partial charge >= 0.3 is 0 Å². The van der Waals surface area contributed by atoms with Gasteiger partial charge in [0, 0.05) is 25.6 Å². The first-order valence-corrected chi connectivity index (χ1v) is 14.7. The number of alkyl halides is 1. The molecule has 0 radical (unpaired) electrons. The van der Waals surface area contributed by atoms with Crippen molar-refractivity contribution in [1.29, 1.82) is 5.26 Å². The number of hydrogen-bond acceptors (Lipinski definition) is 6. The van der Waals surface area contributed by atoms with E-state index < -0.39 is 0 Å². The minimum absolute atomic E-state index is 0.306. The van der Waals surface area contributed by atoms with Crippen molar-refractivity contribution in [3.8, 4) is 11.8 Å². The number of ether oxygens (including phenoxy) is 1. The normalized spacial score (nSPS) is 13.3. The molecule has 3 rings (SSSR count). The molecule has 1 fully saturated rings. The molecular formula is C31H46Cl2N4O2. The molecule has 3 N–H and O–H groups in total. The molecule has 0 saturated heterocycles. The van der Waals surface area contributed by atoms with E-state index in [1.54, 1.807) is 7.05 Å². The van der Waals surface area contributed by atoms with E-state index in [0.29, 0.717) is 34.9 Å². The minimum atomic E-state index is -0.323. The van der Waals surface area contributed by atoms with Gasteiger partial charge in [-0.15, -0.1) is 16.8 Å². The third kappa shape index (κ3) is 10.7. The lowest BCUT2D eigenvalue weighted by molar-refractivity contribution is -0.129. The molecule has 2 aromatic rings. The smallest absolute Gasteiger partial charge is 0.155 e. The van der Waals surface area contributed by atoms with Crippen molar-refractivity contribution in [1.82, 2.24) is 15.9 Å². The molecule has 0 spiro atoms.